The number of pyridine rings is 1. The molecule has 128 valence electrons. The average molecular weight is 352 g/mol. The van der Waals surface area contributed by atoms with Gasteiger partial charge in [-0.3, -0.25) is 14.7 Å². The van der Waals surface area contributed by atoms with Gasteiger partial charge in [0.25, 0.3) is 0 Å². The number of carbonyl (C=O) groups is 1. The fraction of sp³-hybridized carbons (Fsp3) is 0.300. The minimum atomic E-state index is -0.665. The standard InChI is InChI=1S/C20H20N2O2S/c23-20(24)14-8-11-22(12-9-14)19(18-6-3-13-25-18)16-7-10-21-17-5-2-1-4-15(16)17/h1-7,10,13-14,19H,8-9,11-12H2,(H,23,24). The number of likely N-dealkylation sites (tertiary alicyclic amines) is 1. The van der Waals surface area contributed by atoms with E-state index >= 15 is 0 Å². The second-order valence-electron chi connectivity index (χ2n) is 6.48. The Morgan fingerprint density at radius 1 is 1.16 bits per heavy atom. The van der Waals surface area contributed by atoms with Crippen LogP contribution in [0, 0.1) is 5.92 Å². The van der Waals surface area contributed by atoms with Gasteiger partial charge in [-0.1, -0.05) is 24.3 Å². The Bertz CT molecular complexity index is 865. The number of nitrogens with zero attached hydrogens (tertiary/aromatic N) is 2. The molecule has 1 aliphatic rings. The number of rotatable bonds is 4. The van der Waals surface area contributed by atoms with E-state index in [1.54, 1.807) is 11.3 Å². The van der Waals surface area contributed by atoms with Gasteiger partial charge in [-0.2, -0.15) is 0 Å². The quantitative estimate of drug-likeness (QED) is 0.765. The number of fused-ring (bicyclic) bond motifs is 1. The van der Waals surface area contributed by atoms with Gasteiger partial charge in [-0.15, -0.1) is 11.3 Å². The molecule has 25 heavy (non-hydrogen) atoms. The summed E-state index contributed by atoms with van der Waals surface area (Å²) in [5, 5.41) is 12.6. The number of para-hydroxylation sites is 1. The minimum absolute atomic E-state index is 0.155. The molecule has 1 atom stereocenters. The van der Waals surface area contributed by atoms with Crippen LogP contribution in [0.3, 0.4) is 0 Å². The lowest BCUT2D eigenvalue weighted by atomic mass is 9.93. The van der Waals surface area contributed by atoms with E-state index in [1.807, 2.05) is 18.3 Å². The van der Waals surface area contributed by atoms with Crippen molar-refractivity contribution in [2.45, 2.75) is 18.9 Å². The highest BCUT2D eigenvalue weighted by atomic mass is 32.1. The Kier molecular flexibility index (Phi) is 4.51. The Morgan fingerprint density at radius 3 is 2.68 bits per heavy atom. The lowest BCUT2D eigenvalue weighted by molar-refractivity contribution is -0.143. The molecule has 4 rings (SSSR count). The maximum atomic E-state index is 11.3. The zero-order valence-corrected chi connectivity index (χ0v) is 14.7. The summed E-state index contributed by atoms with van der Waals surface area (Å²) in [6, 6.07) is 14.8. The summed E-state index contributed by atoms with van der Waals surface area (Å²) in [4.78, 5) is 19.5. The molecule has 3 heterocycles. The van der Waals surface area contributed by atoms with Gasteiger partial charge >= 0.3 is 5.97 Å². The van der Waals surface area contributed by atoms with Gasteiger partial charge in [0.05, 0.1) is 17.5 Å². The van der Waals surface area contributed by atoms with Crippen LogP contribution in [-0.2, 0) is 4.79 Å². The zero-order valence-electron chi connectivity index (χ0n) is 13.8. The van der Waals surface area contributed by atoms with Crippen LogP contribution in [-0.4, -0.2) is 34.0 Å². The first kappa shape index (κ1) is 16.2. The van der Waals surface area contributed by atoms with E-state index in [1.165, 1.54) is 15.8 Å². The van der Waals surface area contributed by atoms with E-state index in [2.05, 4.69) is 45.6 Å². The molecule has 0 bridgehead atoms. The van der Waals surface area contributed by atoms with Gasteiger partial charge < -0.3 is 5.11 Å². The summed E-state index contributed by atoms with van der Waals surface area (Å²) in [5.74, 6) is -0.879. The van der Waals surface area contributed by atoms with Crippen LogP contribution in [0.25, 0.3) is 10.9 Å². The molecule has 1 fully saturated rings. The topological polar surface area (TPSA) is 53.4 Å². The fourth-order valence-corrected chi connectivity index (χ4v) is 4.61. The number of carboxylic acid groups (broad SMARTS) is 1. The van der Waals surface area contributed by atoms with Crippen molar-refractivity contribution >= 4 is 28.2 Å². The number of hydrogen-bond donors (Lipinski definition) is 1. The number of piperidine rings is 1. The van der Waals surface area contributed by atoms with Crippen LogP contribution in [0.2, 0.25) is 0 Å². The van der Waals surface area contributed by atoms with E-state index in [-0.39, 0.29) is 12.0 Å². The lowest BCUT2D eigenvalue weighted by Crippen LogP contribution is -2.39. The highest BCUT2D eigenvalue weighted by Crippen LogP contribution is 2.37. The smallest absolute Gasteiger partial charge is 0.306 e. The van der Waals surface area contributed by atoms with Gasteiger partial charge in [0.2, 0.25) is 0 Å². The van der Waals surface area contributed by atoms with E-state index < -0.39 is 5.97 Å². The molecule has 0 spiro atoms. The molecule has 1 aromatic carbocycles. The molecule has 0 amide bonds. The Labute approximate surface area is 150 Å². The van der Waals surface area contributed by atoms with E-state index in [9.17, 15) is 9.90 Å². The molecule has 4 nitrogen and oxygen atoms in total. The largest absolute Gasteiger partial charge is 0.481 e. The molecular weight excluding hydrogens is 332 g/mol. The predicted octanol–water partition coefficient (Wildman–Crippen LogP) is 4.18. The van der Waals surface area contributed by atoms with Crippen molar-refractivity contribution in [1.29, 1.82) is 0 Å². The number of carboxylic acids is 1. The summed E-state index contributed by atoms with van der Waals surface area (Å²) in [7, 11) is 0. The second kappa shape index (κ2) is 6.94. The number of thiophene rings is 1. The van der Waals surface area contributed by atoms with Crippen LogP contribution in [0.1, 0.15) is 29.3 Å². The van der Waals surface area contributed by atoms with Gasteiger partial charge in [-0.25, -0.2) is 0 Å². The van der Waals surface area contributed by atoms with Crippen molar-refractivity contribution in [1.82, 2.24) is 9.88 Å². The van der Waals surface area contributed by atoms with Crippen LogP contribution in [0.15, 0.2) is 54.0 Å². The molecule has 0 saturated carbocycles. The maximum Gasteiger partial charge on any atom is 0.306 e. The summed E-state index contributed by atoms with van der Waals surface area (Å²) in [6.45, 7) is 1.60. The summed E-state index contributed by atoms with van der Waals surface area (Å²) >= 11 is 1.76. The molecule has 0 aliphatic carbocycles. The van der Waals surface area contributed by atoms with Gasteiger partial charge in [0.1, 0.15) is 0 Å². The Hall–Kier alpha value is -2.24. The predicted molar refractivity (Wildman–Crippen MR) is 99.8 cm³/mol. The third kappa shape index (κ3) is 3.17. The van der Waals surface area contributed by atoms with Crippen molar-refractivity contribution in [2.24, 2.45) is 5.92 Å². The van der Waals surface area contributed by atoms with Crippen molar-refractivity contribution < 1.29 is 9.90 Å². The molecule has 1 unspecified atom stereocenters. The summed E-state index contributed by atoms with van der Waals surface area (Å²) < 4.78 is 0. The first-order chi connectivity index (χ1) is 12.2. The highest BCUT2D eigenvalue weighted by Gasteiger charge is 2.31. The van der Waals surface area contributed by atoms with Crippen LogP contribution in [0.5, 0.6) is 0 Å². The number of benzene rings is 1. The number of aliphatic carboxylic acids is 1. The molecule has 1 saturated heterocycles. The Balaban J connectivity index is 1.74. The second-order valence-corrected chi connectivity index (χ2v) is 7.46. The fourth-order valence-electron chi connectivity index (χ4n) is 3.74. The SMILES string of the molecule is O=C(O)C1CCN(C(c2cccs2)c2ccnc3ccccc23)CC1. The number of aromatic nitrogens is 1. The van der Waals surface area contributed by atoms with Crippen LogP contribution < -0.4 is 0 Å². The van der Waals surface area contributed by atoms with Crippen molar-refractivity contribution in [3.05, 3.63) is 64.5 Å². The average Bonchev–Trinajstić information content (AvgIpc) is 3.17. The van der Waals surface area contributed by atoms with Gasteiger partial charge in [-0.05, 0) is 55.1 Å². The molecule has 5 heteroatoms. The summed E-state index contributed by atoms with van der Waals surface area (Å²) in [6.07, 6.45) is 3.29. The van der Waals surface area contributed by atoms with E-state index in [0.717, 1.165) is 18.6 Å². The third-order valence-corrected chi connectivity index (χ3v) is 5.96. The van der Waals surface area contributed by atoms with Crippen molar-refractivity contribution in [2.75, 3.05) is 13.1 Å². The third-order valence-electron chi connectivity index (χ3n) is 5.03. The molecule has 2 aromatic heterocycles. The molecule has 1 N–H and O–H groups in total. The number of hydrogen-bond acceptors (Lipinski definition) is 4. The summed E-state index contributed by atoms with van der Waals surface area (Å²) in [5.41, 5.74) is 2.25. The van der Waals surface area contributed by atoms with E-state index in [0.29, 0.717) is 12.8 Å². The normalized spacial score (nSPS) is 17.6. The first-order valence-corrected chi connectivity index (χ1v) is 9.46. The minimum Gasteiger partial charge on any atom is -0.481 e. The van der Waals surface area contributed by atoms with Gasteiger partial charge in [0.15, 0.2) is 0 Å². The van der Waals surface area contributed by atoms with E-state index in [4.69, 9.17) is 0 Å². The molecule has 0 radical (unpaired) electrons. The monoisotopic (exact) mass is 352 g/mol. The maximum absolute atomic E-state index is 11.3. The molecule has 1 aliphatic heterocycles. The molecular formula is C20H20N2O2S. The first-order valence-electron chi connectivity index (χ1n) is 8.58. The highest BCUT2D eigenvalue weighted by molar-refractivity contribution is 7.10. The lowest BCUT2D eigenvalue weighted by Gasteiger charge is -2.36. The van der Waals surface area contributed by atoms with Gasteiger partial charge in [0, 0.05) is 16.5 Å². The van der Waals surface area contributed by atoms with Crippen molar-refractivity contribution in [3.63, 3.8) is 0 Å². The van der Waals surface area contributed by atoms with Crippen LogP contribution in [0.4, 0.5) is 0 Å². The zero-order chi connectivity index (χ0) is 17.2. The molecule has 3 aromatic rings. The van der Waals surface area contributed by atoms with Crippen LogP contribution >= 0.6 is 11.3 Å². The van der Waals surface area contributed by atoms with Crippen molar-refractivity contribution in [3.8, 4) is 0 Å². The Morgan fingerprint density at radius 2 is 1.96 bits per heavy atom.